The van der Waals surface area contributed by atoms with E-state index >= 15 is 0 Å². The largest absolute Gasteiger partial charge is 0.355 e. The molecule has 2 saturated carbocycles. The Morgan fingerprint density at radius 3 is 2.82 bits per heavy atom. The van der Waals surface area contributed by atoms with Gasteiger partial charge in [-0.25, -0.2) is 0 Å². The molecule has 0 aromatic carbocycles. The minimum absolute atomic E-state index is 0.170. The molecule has 4 heteroatoms. The lowest BCUT2D eigenvalue weighted by Gasteiger charge is -2.28. The average Bonchev–Trinajstić information content (AvgIpc) is 3.18. The number of hydrogen-bond donors (Lipinski definition) is 2. The Bertz CT molecular complexity index is 256. The Morgan fingerprint density at radius 2 is 2.12 bits per heavy atom. The molecule has 98 valence electrons. The van der Waals surface area contributed by atoms with E-state index in [-0.39, 0.29) is 5.91 Å². The predicted molar refractivity (Wildman–Crippen MR) is 73.3 cm³/mol. The van der Waals surface area contributed by atoms with Gasteiger partial charge in [-0.15, -0.1) is 0 Å². The number of rotatable bonds is 6. The predicted octanol–water partition coefficient (Wildman–Crippen LogP) is 1.78. The molecular formula is C13H24N2OS. The Hall–Kier alpha value is -0.220. The fourth-order valence-corrected chi connectivity index (χ4v) is 3.25. The highest BCUT2D eigenvalue weighted by Gasteiger charge is 2.23. The molecule has 2 atom stereocenters. The van der Waals surface area contributed by atoms with Gasteiger partial charge >= 0.3 is 0 Å². The number of thioether (sulfide) groups is 1. The van der Waals surface area contributed by atoms with Gasteiger partial charge in [0.15, 0.2) is 0 Å². The molecule has 2 rings (SSSR count). The van der Waals surface area contributed by atoms with Crippen LogP contribution in [0.3, 0.4) is 0 Å². The van der Waals surface area contributed by atoms with Crippen molar-refractivity contribution in [3.63, 3.8) is 0 Å². The number of nitrogens with one attached hydrogen (secondary N) is 2. The molecule has 0 saturated heterocycles. The van der Waals surface area contributed by atoms with Gasteiger partial charge in [0, 0.05) is 17.8 Å². The number of hydrogen-bond acceptors (Lipinski definition) is 3. The molecule has 0 aromatic rings. The van der Waals surface area contributed by atoms with Crippen molar-refractivity contribution in [3.8, 4) is 0 Å². The van der Waals surface area contributed by atoms with Crippen LogP contribution in [-0.4, -0.2) is 36.5 Å². The fourth-order valence-electron chi connectivity index (χ4n) is 2.42. The molecule has 0 heterocycles. The van der Waals surface area contributed by atoms with Crippen LogP contribution in [0.5, 0.6) is 0 Å². The van der Waals surface area contributed by atoms with E-state index in [0.29, 0.717) is 12.6 Å². The molecule has 3 nitrogen and oxygen atoms in total. The van der Waals surface area contributed by atoms with E-state index in [1.165, 1.54) is 38.5 Å². The van der Waals surface area contributed by atoms with E-state index < -0.39 is 0 Å². The van der Waals surface area contributed by atoms with Crippen molar-refractivity contribution in [1.82, 2.24) is 10.6 Å². The summed E-state index contributed by atoms with van der Waals surface area (Å²) >= 11 is 1.97. The third kappa shape index (κ3) is 4.88. The summed E-state index contributed by atoms with van der Waals surface area (Å²) in [5, 5.41) is 7.19. The standard InChI is InChI=1S/C13H24N2OS/c1-17-12-4-2-3-11(7-12)14-9-13(16)15-8-10-5-6-10/h10-12,14H,2-9H2,1H3,(H,15,16). The molecule has 0 spiro atoms. The zero-order chi connectivity index (χ0) is 12.1. The van der Waals surface area contributed by atoms with E-state index in [1.807, 2.05) is 11.8 Å². The van der Waals surface area contributed by atoms with Crippen LogP contribution in [0.2, 0.25) is 0 Å². The monoisotopic (exact) mass is 256 g/mol. The van der Waals surface area contributed by atoms with Crippen LogP contribution in [0.25, 0.3) is 0 Å². The highest BCUT2D eigenvalue weighted by molar-refractivity contribution is 7.99. The minimum atomic E-state index is 0.170. The smallest absolute Gasteiger partial charge is 0.233 e. The summed E-state index contributed by atoms with van der Waals surface area (Å²) in [6, 6.07) is 0.549. The first kappa shape index (κ1) is 13.2. The fraction of sp³-hybridized carbons (Fsp3) is 0.923. The highest BCUT2D eigenvalue weighted by Crippen LogP contribution is 2.28. The lowest BCUT2D eigenvalue weighted by Crippen LogP contribution is -2.42. The Kier molecular flexibility index (Phi) is 5.16. The summed E-state index contributed by atoms with van der Waals surface area (Å²) in [5.74, 6) is 0.942. The molecule has 0 aromatic heterocycles. The van der Waals surface area contributed by atoms with Crippen molar-refractivity contribution >= 4 is 17.7 Å². The molecule has 1 amide bonds. The van der Waals surface area contributed by atoms with Crippen molar-refractivity contribution in [2.75, 3.05) is 19.3 Å². The molecular weight excluding hydrogens is 232 g/mol. The van der Waals surface area contributed by atoms with Crippen molar-refractivity contribution in [2.24, 2.45) is 5.92 Å². The highest BCUT2D eigenvalue weighted by atomic mass is 32.2. The van der Waals surface area contributed by atoms with Gasteiger partial charge in [0.25, 0.3) is 0 Å². The molecule has 0 radical (unpaired) electrons. The van der Waals surface area contributed by atoms with Crippen LogP contribution in [0.1, 0.15) is 38.5 Å². The molecule has 0 aliphatic heterocycles. The summed E-state index contributed by atoms with van der Waals surface area (Å²) in [5.41, 5.74) is 0. The second-order valence-electron chi connectivity index (χ2n) is 5.35. The van der Waals surface area contributed by atoms with Crippen molar-refractivity contribution < 1.29 is 4.79 Å². The number of amides is 1. The normalized spacial score (nSPS) is 29.0. The third-order valence-electron chi connectivity index (χ3n) is 3.80. The molecule has 2 fully saturated rings. The molecule has 2 aliphatic carbocycles. The van der Waals surface area contributed by atoms with Crippen LogP contribution in [-0.2, 0) is 4.79 Å². The summed E-state index contributed by atoms with van der Waals surface area (Å²) in [4.78, 5) is 11.6. The lowest BCUT2D eigenvalue weighted by atomic mass is 9.95. The van der Waals surface area contributed by atoms with Gasteiger partial charge in [-0.1, -0.05) is 6.42 Å². The topological polar surface area (TPSA) is 41.1 Å². The molecule has 17 heavy (non-hydrogen) atoms. The second kappa shape index (κ2) is 6.64. The van der Waals surface area contributed by atoms with Crippen molar-refractivity contribution in [2.45, 2.75) is 49.8 Å². The molecule has 0 bridgehead atoms. The Balaban J connectivity index is 1.57. The minimum Gasteiger partial charge on any atom is -0.355 e. The summed E-state index contributed by atoms with van der Waals surface area (Å²) in [6.45, 7) is 1.39. The van der Waals surface area contributed by atoms with E-state index in [0.717, 1.165) is 17.7 Å². The number of carbonyl (C=O) groups excluding carboxylic acids is 1. The second-order valence-corrected chi connectivity index (χ2v) is 6.49. The van der Waals surface area contributed by atoms with Crippen LogP contribution < -0.4 is 10.6 Å². The molecule has 2 aliphatic rings. The maximum atomic E-state index is 11.6. The van der Waals surface area contributed by atoms with Gasteiger partial charge in [0.1, 0.15) is 0 Å². The van der Waals surface area contributed by atoms with Gasteiger partial charge in [-0.3, -0.25) is 4.79 Å². The first-order valence-electron chi connectivity index (χ1n) is 6.81. The van der Waals surface area contributed by atoms with Gasteiger partial charge in [0.2, 0.25) is 5.91 Å². The van der Waals surface area contributed by atoms with Crippen LogP contribution in [0.4, 0.5) is 0 Å². The molecule has 2 unspecified atom stereocenters. The van der Waals surface area contributed by atoms with Gasteiger partial charge in [0.05, 0.1) is 6.54 Å². The maximum Gasteiger partial charge on any atom is 0.233 e. The summed E-state index contributed by atoms with van der Waals surface area (Å²) in [6.07, 6.45) is 9.87. The van der Waals surface area contributed by atoms with Crippen molar-refractivity contribution in [3.05, 3.63) is 0 Å². The van der Waals surface area contributed by atoms with Crippen molar-refractivity contribution in [1.29, 1.82) is 0 Å². The van der Waals surface area contributed by atoms with Gasteiger partial charge in [-0.05, 0) is 44.3 Å². The first-order valence-corrected chi connectivity index (χ1v) is 8.09. The van der Waals surface area contributed by atoms with Gasteiger partial charge in [-0.2, -0.15) is 11.8 Å². The first-order chi connectivity index (χ1) is 8.28. The van der Waals surface area contributed by atoms with Crippen LogP contribution >= 0.6 is 11.8 Å². The molecule has 2 N–H and O–H groups in total. The van der Waals surface area contributed by atoms with Crippen LogP contribution in [0.15, 0.2) is 0 Å². The lowest BCUT2D eigenvalue weighted by molar-refractivity contribution is -0.120. The zero-order valence-electron chi connectivity index (χ0n) is 10.7. The van der Waals surface area contributed by atoms with E-state index in [1.54, 1.807) is 0 Å². The maximum absolute atomic E-state index is 11.6. The van der Waals surface area contributed by atoms with E-state index in [9.17, 15) is 4.79 Å². The SMILES string of the molecule is CSC1CCCC(NCC(=O)NCC2CC2)C1. The van der Waals surface area contributed by atoms with Gasteiger partial charge < -0.3 is 10.6 Å². The zero-order valence-corrected chi connectivity index (χ0v) is 11.5. The van der Waals surface area contributed by atoms with E-state index in [4.69, 9.17) is 0 Å². The van der Waals surface area contributed by atoms with E-state index in [2.05, 4.69) is 16.9 Å². The summed E-state index contributed by atoms with van der Waals surface area (Å²) in [7, 11) is 0. The Morgan fingerprint density at radius 1 is 1.29 bits per heavy atom. The third-order valence-corrected chi connectivity index (χ3v) is 4.89. The van der Waals surface area contributed by atoms with Crippen LogP contribution in [0, 0.1) is 5.92 Å². The number of carbonyl (C=O) groups is 1. The quantitative estimate of drug-likeness (QED) is 0.761. The average molecular weight is 256 g/mol. The summed E-state index contributed by atoms with van der Waals surface area (Å²) < 4.78 is 0. The Labute approximate surface area is 108 Å².